The van der Waals surface area contributed by atoms with Crippen molar-refractivity contribution in [1.82, 2.24) is 10.4 Å². The molecule has 1 aromatic carbocycles. The van der Waals surface area contributed by atoms with Crippen LogP contribution in [-0.2, 0) is 23.9 Å². The molecule has 136 valence electrons. The van der Waals surface area contributed by atoms with Gasteiger partial charge in [-0.2, -0.15) is 0 Å². The molecule has 1 spiro atoms. The fourth-order valence-electron chi connectivity index (χ4n) is 2.99. The Morgan fingerprint density at radius 3 is 2.50 bits per heavy atom. The highest BCUT2D eigenvalue weighted by Crippen LogP contribution is 2.39. The summed E-state index contributed by atoms with van der Waals surface area (Å²) in [5.74, 6) is -2.55. The van der Waals surface area contributed by atoms with Crippen molar-refractivity contribution >= 4 is 52.6 Å². The first-order valence-corrected chi connectivity index (χ1v) is 8.18. The van der Waals surface area contributed by atoms with Gasteiger partial charge < -0.3 is 4.74 Å². The number of amides is 3. The summed E-state index contributed by atoms with van der Waals surface area (Å²) in [6.45, 7) is 1.21. The molecule has 1 atom stereocenters. The Balaban J connectivity index is 2.07. The number of ether oxygens (including phenoxy) is 1. The monoisotopic (exact) mass is 397 g/mol. The molecule has 1 aromatic rings. The third-order valence-electron chi connectivity index (χ3n) is 4.14. The van der Waals surface area contributed by atoms with Crippen molar-refractivity contribution in [3.05, 3.63) is 40.0 Å². The first kappa shape index (κ1) is 18.2. The molecule has 0 unspecified atom stereocenters. The molecule has 1 saturated heterocycles. The van der Waals surface area contributed by atoms with E-state index in [1.54, 1.807) is 0 Å². The Kier molecular flexibility index (Phi) is 4.41. The van der Waals surface area contributed by atoms with Gasteiger partial charge >= 0.3 is 5.97 Å². The van der Waals surface area contributed by atoms with Crippen molar-refractivity contribution in [3.63, 3.8) is 0 Å². The third kappa shape index (κ3) is 2.62. The number of hydrogen-bond donors (Lipinski definition) is 1. The van der Waals surface area contributed by atoms with E-state index in [0.717, 1.165) is 17.0 Å². The summed E-state index contributed by atoms with van der Waals surface area (Å²) in [6, 6.07) is 4.30. The molecule has 0 saturated carbocycles. The van der Waals surface area contributed by atoms with Gasteiger partial charge in [0.25, 0.3) is 5.91 Å². The Morgan fingerprint density at radius 2 is 1.92 bits per heavy atom. The minimum absolute atomic E-state index is 0.0974. The topological polar surface area (TPSA) is 96.0 Å². The van der Waals surface area contributed by atoms with Crippen LogP contribution in [0.25, 0.3) is 0 Å². The SMILES string of the molecule is COC(=O)C1=C[C@]2(CC(=O)N(c3ccc(Cl)c(Cl)c3)C2=O)N(C(C)=O)N1. The smallest absolute Gasteiger partial charge is 0.355 e. The van der Waals surface area contributed by atoms with Gasteiger partial charge in [-0.1, -0.05) is 23.2 Å². The minimum atomic E-state index is -1.65. The van der Waals surface area contributed by atoms with Crippen molar-refractivity contribution in [2.75, 3.05) is 12.0 Å². The Labute approximate surface area is 158 Å². The predicted octanol–water partition coefficient (Wildman–Crippen LogP) is 1.42. The molecule has 0 aliphatic carbocycles. The van der Waals surface area contributed by atoms with Gasteiger partial charge in [0.2, 0.25) is 11.8 Å². The first-order chi connectivity index (χ1) is 12.2. The number of carbonyl (C=O) groups excluding carboxylic acids is 4. The van der Waals surface area contributed by atoms with Gasteiger partial charge in [-0.15, -0.1) is 0 Å². The molecule has 2 heterocycles. The van der Waals surface area contributed by atoms with E-state index in [1.165, 1.54) is 31.2 Å². The second-order valence-corrected chi connectivity index (χ2v) is 6.56. The van der Waals surface area contributed by atoms with Gasteiger partial charge in [-0.3, -0.25) is 19.8 Å². The maximum Gasteiger partial charge on any atom is 0.355 e. The molecule has 0 radical (unpaired) electrons. The lowest BCUT2D eigenvalue weighted by molar-refractivity contribution is -0.143. The molecule has 3 rings (SSSR count). The van der Waals surface area contributed by atoms with E-state index in [4.69, 9.17) is 23.2 Å². The Hall–Kier alpha value is -2.58. The summed E-state index contributed by atoms with van der Waals surface area (Å²) >= 11 is 11.8. The number of hydrazine groups is 1. The van der Waals surface area contributed by atoms with Gasteiger partial charge in [0, 0.05) is 6.92 Å². The zero-order chi connectivity index (χ0) is 19.2. The van der Waals surface area contributed by atoms with Crippen molar-refractivity contribution in [1.29, 1.82) is 0 Å². The Bertz CT molecular complexity index is 885. The second-order valence-electron chi connectivity index (χ2n) is 5.75. The van der Waals surface area contributed by atoms with Gasteiger partial charge in [-0.05, 0) is 24.3 Å². The zero-order valence-corrected chi connectivity index (χ0v) is 15.2. The number of methoxy groups -OCH3 is 1. The highest BCUT2D eigenvalue weighted by Gasteiger charge is 2.59. The molecule has 10 heteroatoms. The van der Waals surface area contributed by atoms with Crippen LogP contribution in [0, 0.1) is 0 Å². The zero-order valence-electron chi connectivity index (χ0n) is 13.7. The van der Waals surface area contributed by atoms with Crippen LogP contribution in [0.2, 0.25) is 10.0 Å². The highest BCUT2D eigenvalue weighted by atomic mass is 35.5. The van der Waals surface area contributed by atoms with Crippen molar-refractivity contribution in [2.45, 2.75) is 18.9 Å². The molecule has 0 bridgehead atoms. The van der Waals surface area contributed by atoms with E-state index in [1.807, 2.05) is 0 Å². The molecular weight excluding hydrogens is 385 g/mol. The normalized spacial score (nSPS) is 21.9. The van der Waals surface area contributed by atoms with Crippen LogP contribution >= 0.6 is 23.2 Å². The second kappa shape index (κ2) is 6.30. The van der Waals surface area contributed by atoms with Crippen molar-refractivity contribution in [2.24, 2.45) is 0 Å². The lowest BCUT2D eigenvalue weighted by Gasteiger charge is -2.30. The van der Waals surface area contributed by atoms with Gasteiger partial charge in [-0.25, -0.2) is 14.7 Å². The van der Waals surface area contributed by atoms with Gasteiger partial charge in [0.15, 0.2) is 5.54 Å². The van der Waals surface area contributed by atoms with Gasteiger partial charge in [0.05, 0.1) is 29.3 Å². The van der Waals surface area contributed by atoms with Crippen LogP contribution in [0.15, 0.2) is 30.0 Å². The van der Waals surface area contributed by atoms with Crippen LogP contribution in [0.1, 0.15) is 13.3 Å². The van der Waals surface area contributed by atoms with E-state index in [2.05, 4.69) is 10.2 Å². The average molecular weight is 398 g/mol. The van der Waals surface area contributed by atoms with E-state index in [9.17, 15) is 19.2 Å². The van der Waals surface area contributed by atoms with Crippen LogP contribution in [0.5, 0.6) is 0 Å². The number of carbonyl (C=O) groups is 4. The summed E-state index contributed by atoms with van der Waals surface area (Å²) < 4.78 is 4.62. The maximum atomic E-state index is 13.1. The number of nitrogens with zero attached hydrogens (tertiary/aromatic N) is 2. The van der Waals surface area contributed by atoms with Crippen LogP contribution < -0.4 is 10.3 Å². The molecule has 2 aliphatic heterocycles. The van der Waals surface area contributed by atoms with E-state index < -0.39 is 29.2 Å². The molecule has 3 amide bonds. The third-order valence-corrected chi connectivity index (χ3v) is 4.88. The fraction of sp³-hybridized carbons (Fsp3) is 0.250. The molecular formula is C16H13Cl2N3O5. The number of rotatable bonds is 2. The van der Waals surface area contributed by atoms with Crippen molar-refractivity contribution < 1.29 is 23.9 Å². The number of anilines is 1. The summed E-state index contributed by atoms with van der Waals surface area (Å²) in [7, 11) is 1.16. The molecule has 26 heavy (non-hydrogen) atoms. The predicted molar refractivity (Wildman–Crippen MR) is 92.1 cm³/mol. The first-order valence-electron chi connectivity index (χ1n) is 7.42. The Morgan fingerprint density at radius 1 is 1.23 bits per heavy atom. The largest absolute Gasteiger partial charge is 0.464 e. The number of imide groups is 1. The summed E-state index contributed by atoms with van der Waals surface area (Å²) in [4.78, 5) is 50.4. The number of benzene rings is 1. The van der Waals surface area contributed by atoms with E-state index >= 15 is 0 Å². The lowest BCUT2D eigenvalue weighted by atomic mass is 9.96. The number of hydrogen-bond acceptors (Lipinski definition) is 6. The van der Waals surface area contributed by atoms with Crippen LogP contribution in [-0.4, -0.2) is 41.3 Å². The van der Waals surface area contributed by atoms with Crippen LogP contribution in [0.3, 0.4) is 0 Å². The van der Waals surface area contributed by atoms with E-state index in [-0.39, 0.29) is 27.9 Å². The number of halogens is 2. The lowest BCUT2D eigenvalue weighted by Crippen LogP contribution is -2.56. The van der Waals surface area contributed by atoms with Crippen LogP contribution in [0.4, 0.5) is 5.69 Å². The average Bonchev–Trinajstić information content (AvgIpc) is 3.08. The van der Waals surface area contributed by atoms with Gasteiger partial charge in [0.1, 0.15) is 5.70 Å². The maximum absolute atomic E-state index is 13.1. The molecule has 0 aromatic heterocycles. The standard InChI is InChI=1S/C16H13Cl2N3O5/c1-8(22)21-16(6-12(19-21)14(24)26-2)7-13(23)20(15(16)25)9-3-4-10(17)11(18)5-9/h3-6,19H,7H2,1-2H3/t16-/m1/s1. The highest BCUT2D eigenvalue weighted by molar-refractivity contribution is 6.42. The quantitative estimate of drug-likeness (QED) is 0.598. The van der Waals surface area contributed by atoms with Crippen molar-refractivity contribution in [3.8, 4) is 0 Å². The number of esters is 1. The molecule has 1 fully saturated rings. The molecule has 2 aliphatic rings. The minimum Gasteiger partial charge on any atom is -0.464 e. The number of nitrogens with one attached hydrogen (secondary N) is 1. The fourth-order valence-corrected chi connectivity index (χ4v) is 3.29. The summed E-state index contributed by atoms with van der Waals surface area (Å²) in [5, 5.41) is 1.39. The summed E-state index contributed by atoms with van der Waals surface area (Å²) in [5.41, 5.74) is 1.01. The molecule has 8 nitrogen and oxygen atoms in total. The van der Waals surface area contributed by atoms with E-state index in [0.29, 0.717) is 0 Å². The summed E-state index contributed by atoms with van der Waals surface area (Å²) in [6.07, 6.45) is 0.900. The molecule has 1 N–H and O–H groups in total.